The van der Waals surface area contributed by atoms with Crippen LogP contribution in [0.2, 0.25) is 5.02 Å². The van der Waals surface area contributed by atoms with Crippen molar-refractivity contribution in [2.45, 2.75) is 44.1 Å². The second-order valence-corrected chi connectivity index (χ2v) is 9.66. The molecule has 1 unspecified atom stereocenters. The third kappa shape index (κ3) is 5.76. The number of anilines is 1. The van der Waals surface area contributed by atoms with E-state index in [0.717, 1.165) is 16.1 Å². The van der Waals surface area contributed by atoms with E-state index in [-0.39, 0.29) is 29.2 Å². The van der Waals surface area contributed by atoms with Crippen LogP contribution in [0.25, 0.3) is 0 Å². The van der Waals surface area contributed by atoms with E-state index in [0.29, 0.717) is 30.0 Å². The van der Waals surface area contributed by atoms with Gasteiger partial charge in [0.2, 0.25) is 0 Å². The van der Waals surface area contributed by atoms with Crippen LogP contribution in [0.1, 0.15) is 43.1 Å². The summed E-state index contributed by atoms with van der Waals surface area (Å²) in [5, 5.41) is 3.91. The van der Waals surface area contributed by atoms with Crippen molar-refractivity contribution in [3.63, 3.8) is 0 Å². The number of hydrogen-bond donors (Lipinski definition) is 1. The van der Waals surface area contributed by atoms with Gasteiger partial charge in [-0.05, 0) is 75.6 Å². The first-order valence-corrected chi connectivity index (χ1v) is 11.2. The third-order valence-corrected chi connectivity index (χ3v) is 6.34. The van der Waals surface area contributed by atoms with E-state index in [9.17, 15) is 14.0 Å². The molecule has 0 radical (unpaired) electrons. The molecule has 30 heavy (non-hydrogen) atoms. The molecule has 2 aromatic carbocycles. The normalized spacial score (nSPS) is 16.2. The maximum Gasteiger partial charge on any atom is 0.311 e. The molecule has 0 saturated carbocycles. The fourth-order valence-corrected chi connectivity index (χ4v) is 4.64. The highest BCUT2D eigenvalue weighted by Crippen LogP contribution is 2.38. The number of esters is 1. The summed E-state index contributed by atoms with van der Waals surface area (Å²) >= 11 is 7.82. The van der Waals surface area contributed by atoms with Gasteiger partial charge in [0, 0.05) is 22.7 Å². The second-order valence-electron chi connectivity index (χ2n) is 8.27. The Labute approximate surface area is 185 Å². The first kappa shape index (κ1) is 22.6. The largest absolute Gasteiger partial charge is 0.460 e. The van der Waals surface area contributed by atoms with Crippen molar-refractivity contribution in [1.29, 1.82) is 0 Å². The summed E-state index contributed by atoms with van der Waals surface area (Å²) in [6.07, 6.45) is 1.29. The molecule has 2 aromatic rings. The lowest BCUT2D eigenvalue weighted by atomic mass is 10.0. The van der Waals surface area contributed by atoms with Crippen LogP contribution in [0.15, 0.2) is 41.3 Å². The standard InChI is InChI=1S/C23H25ClFNO3S/c1-23(2,3)29-22(28)15-6-9-17-19(26-12-15)11-10-18(24)21(17)30-13-20(27)14-4-7-16(25)8-5-14/h4-5,7-8,10-11,15,26H,6,9,12-13H2,1-3H3. The lowest BCUT2D eigenvalue weighted by molar-refractivity contribution is -0.159. The van der Waals surface area contributed by atoms with Crippen molar-refractivity contribution >= 4 is 40.8 Å². The summed E-state index contributed by atoms with van der Waals surface area (Å²) in [5.41, 5.74) is 1.86. The van der Waals surface area contributed by atoms with Crippen molar-refractivity contribution in [3.8, 4) is 0 Å². The SMILES string of the molecule is CC(C)(C)OC(=O)C1CCc2c(ccc(Cl)c2SCC(=O)c2ccc(F)cc2)NC1. The van der Waals surface area contributed by atoms with Gasteiger partial charge in [0.1, 0.15) is 11.4 Å². The summed E-state index contributed by atoms with van der Waals surface area (Å²) in [6, 6.07) is 9.23. The molecule has 0 spiro atoms. The van der Waals surface area contributed by atoms with Gasteiger partial charge in [-0.3, -0.25) is 9.59 Å². The van der Waals surface area contributed by atoms with Gasteiger partial charge in [0.05, 0.1) is 16.7 Å². The van der Waals surface area contributed by atoms with Gasteiger partial charge >= 0.3 is 5.97 Å². The van der Waals surface area contributed by atoms with E-state index < -0.39 is 5.60 Å². The highest BCUT2D eigenvalue weighted by molar-refractivity contribution is 8.00. The van der Waals surface area contributed by atoms with E-state index >= 15 is 0 Å². The molecule has 3 rings (SSSR count). The van der Waals surface area contributed by atoms with Crippen molar-refractivity contribution in [2.24, 2.45) is 5.92 Å². The molecule has 0 aromatic heterocycles. The van der Waals surface area contributed by atoms with Gasteiger partial charge in [-0.1, -0.05) is 11.6 Å². The molecule has 0 aliphatic carbocycles. The van der Waals surface area contributed by atoms with Gasteiger partial charge < -0.3 is 10.1 Å². The summed E-state index contributed by atoms with van der Waals surface area (Å²) in [4.78, 5) is 25.8. The number of benzene rings is 2. The van der Waals surface area contributed by atoms with Crippen molar-refractivity contribution < 1.29 is 18.7 Å². The topological polar surface area (TPSA) is 55.4 Å². The Morgan fingerprint density at radius 2 is 1.90 bits per heavy atom. The monoisotopic (exact) mass is 449 g/mol. The van der Waals surface area contributed by atoms with Crippen molar-refractivity contribution in [3.05, 3.63) is 58.4 Å². The summed E-state index contributed by atoms with van der Waals surface area (Å²) in [5.74, 6) is -0.746. The zero-order chi connectivity index (χ0) is 21.9. The molecule has 1 heterocycles. The lowest BCUT2D eigenvalue weighted by Crippen LogP contribution is -2.31. The molecule has 1 atom stereocenters. The number of carbonyl (C=O) groups excluding carboxylic acids is 2. The number of thioether (sulfide) groups is 1. The number of carbonyl (C=O) groups is 2. The average Bonchev–Trinajstić information content (AvgIpc) is 2.89. The zero-order valence-electron chi connectivity index (χ0n) is 17.3. The smallest absolute Gasteiger partial charge is 0.311 e. The summed E-state index contributed by atoms with van der Waals surface area (Å²) in [7, 11) is 0. The molecule has 1 aliphatic rings. The first-order chi connectivity index (χ1) is 14.1. The molecule has 0 fully saturated rings. The maximum atomic E-state index is 13.1. The molecule has 0 amide bonds. The Hall–Kier alpha value is -2.05. The number of rotatable bonds is 5. The number of halogens is 2. The van der Waals surface area contributed by atoms with E-state index in [1.54, 1.807) is 6.07 Å². The predicted octanol–water partition coefficient (Wildman–Crippen LogP) is 5.77. The fraction of sp³-hybridized carbons (Fsp3) is 0.391. The van der Waals surface area contributed by atoms with Crippen molar-refractivity contribution in [2.75, 3.05) is 17.6 Å². The Kier molecular flexibility index (Phi) is 7.09. The van der Waals surface area contributed by atoms with Crippen LogP contribution in [-0.4, -0.2) is 29.7 Å². The lowest BCUT2D eigenvalue weighted by Gasteiger charge is -2.23. The number of nitrogens with one attached hydrogen (secondary N) is 1. The molecule has 1 N–H and O–H groups in total. The fourth-order valence-electron chi connectivity index (χ4n) is 3.27. The maximum absolute atomic E-state index is 13.1. The molecule has 1 aliphatic heterocycles. The quantitative estimate of drug-likeness (QED) is 0.356. The summed E-state index contributed by atoms with van der Waals surface area (Å²) in [6.45, 7) is 6.06. The van der Waals surface area contributed by atoms with Gasteiger partial charge in [-0.15, -0.1) is 11.8 Å². The van der Waals surface area contributed by atoms with Crippen LogP contribution in [0.4, 0.5) is 10.1 Å². The Morgan fingerprint density at radius 3 is 2.57 bits per heavy atom. The molecule has 0 saturated heterocycles. The molecule has 160 valence electrons. The van der Waals surface area contributed by atoms with Crippen LogP contribution in [0.3, 0.4) is 0 Å². The number of hydrogen-bond acceptors (Lipinski definition) is 5. The van der Waals surface area contributed by atoms with Crippen LogP contribution >= 0.6 is 23.4 Å². The first-order valence-electron chi connectivity index (χ1n) is 9.84. The minimum absolute atomic E-state index is 0.0955. The highest BCUT2D eigenvalue weighted by Gasteiger charge is 2.28. The van der Waals surface area contributed by atoms with Crippen LogP contribution in [-0.2, 0) is 16.0 Å². The van der Waals surface area contributed by atoms with Gasteiger partial charge in [-0.25, -0.2) is 4.39 Å². The van der Waals surface area contributed by atoms with E-state index in [2.05, 4.69) is 5.32 Å². The zero-order valence-corrected chi connectivity index (χ0v) is 18.8. The van der Waals surface area contributed by atoms with E-state index in [1.807, 2.05) is 26.8 Å². The Bertz CT molecular complexity index is 941. The number of Topliss-reactive ketones (excluding diaryl/α,β-unsaturated/α-hetero) is 1. The van der Waals surface area contributed by atoms with E-state index in [4.69, 9.17) is 16.3 Å². The van der Waals surface area contributed by atoms with Gasteiger partial charge in [0.25, 0.3) is 0 Å². The summed E-state index contributed by atoms with van der Waals surface area (Å²) < 4.78 is 18.6. The predicted molar refractivity (Wildman–Crippen MR) is 119 cm³/mol. The molecular weight excluding hydrogens is 425 g/mol. The van der Waals surface area contributed by atoms with E-state index in [1.165, 1.54) is 36.0 Å². The molecule has 7 heteroatoms. The van der Waals surface area contributed by atoms with Crippen LogP contribution in [0, 0.1) is 11.7 Å². The molecule has 0 bridgehead atoms. The van der Waals surface area contributed by atoms with Crippen molar-refractivity contribution in [1.82, 2.24) is 0 Å². The third-order valence-electron chi connectivity index (χ3n) is 4.75. The minimum Gasteiger partial charge on any atom is -0.460 e. The number of ether oxygens (including phenoxy) is 1. The number of ketones is 1. The Balaban J connectivity index is 1.72. The van der Waals surface area contributed by atoms with Crippen LogP contribution < -0.4 is 5.32 Å². The second kappa shape index (κ2) is 9.40. The number of fused-ring (bicyclic) bond motifs is 1. The highest BCUT2D eigenvalue weighted by atomic mass is 35.5. The average molecular weight is 450 g/mol. The van der Waals surface area contributed by atoms with Crippen LogP contribution in [0.5, 0.6) is 0 Å². The van der Waals surface area contributed by atoms with Gasteiger partial charge in [-0.2, -0.15) is 0 Å². The Morgan fingerprint density at radius 1 is 1.20 bits per heavy atom. The van der Waals surface area contributed by atoms with Gasteiger partial charge in [0.15, 0.2) is 5.78 Å². The minimum atomic E-state index is -0.527. The molecular formula is C23H25ClFNO3S. The molecule has 4 nitrogen and oxygen atoms in total.